The lowest BCUT2D eigenvalue weighted by atomic mass is 10.1. The first-order valence-corrected chi connectivity index (χ1v) is 6.90. The van der Waals surface area contributed by atoms with E-state index in [9.17, 15) is 15.0 Å². The summed E-state index contributed by atoms with van der Waals surface area (Å²) in [4.78, 5) is 11.8. The number of rotatable bonds is 6. The van der Waals surface area contributed by atoms with Gasteiger partial charge in [-0.05, 0) is 23.3 Å². The Morgan fingerprint density at radius 3 is 2.48 bits per heavy atom. The first-order valence-electron chi connectivity index (χ1n) is 6.90. The molecule has 3 N–H and O–H groups in total. The molecule has 2 aromatic carbocycles. The first-order chi connectivity index (χ1) is 10.1. The second-order valence-electron chi connectivity index (χ2n) is 4.99. The summed E-state index contributed by atoms with van der Waals surface area (Å²) in [5.74, 6) is -0.0304. The van der Waals surface area contributed by atoms with Crippen molar-refractivity contribution in [3.05, 3.63) is 65.7 Å². The molecule has 0 radical (unpaired) electrons. The average Bonchev–Trinajstić information content (AvgIpc) is 2.46. The van der Waals surface area contributed by atoms with Crippen molar-refractivity contribution in [3.8, 4) is 5.75 Å². The van der Waals surface area contributed by atoms with E-state index in [-0.39, 0.29) is 24.6 Å². The minimum absolute atomic E-state index is 0.143. The van der Waals surface area contributed by atoms with Gasteiger partial charge in [-0.15, -0.1) is 0 Å². The third kappa shape index (κ3) is 5.28. The zero-order valence-corrected chi connectivity index (χ0v) is 11.7. The maximum Gasteiger partial charge on any atom is 0.224 e. The molecule has 21 heavy (non-hydrogen) atoms. The van der Waals surface area contributed by atoms with Gasteiger partial charge < -0.3 is 15.5 Å². The molecule has 0 heterocycles. The minimum Gasteiger partial charge on any atom is -0.508 e. The quantitative estimate of drug-likeness (QED) is 0.756. The summed E-state index contributed by atoms with van der Waals surface area (Å²) in [5.41, 5.74) is 1.78. The smallest absolute Gasteiger partial charge is 0.224 e. The molecule has 1 amide bonds. The Kier molecular flexibility index (Phi) is 5.35. The molecule has 110 valence electrons. The number of phenols is 1. The van der Waals surface area contributed by atoms with Crippen LogP contribution in [0.5, 0.6) is 5.75 Å². The molecule has 0 saturated heterocycles. The van der Waals surface area contributed by atoms with Crippen molar-refractivity contribution in [2.24, 2.45) is 0 Å². The van der Waals surface area contributed by atoms with Gasteiger partial charge in [0.15, 0.2) is 0 Å². The lowest BCUT2D eigenvalue weighted by molar-refractivity contribution is -0.120. The molecule has 0 aliphatic carbocycles. The number of carbonyl (C=O) groups is 1. The van der Waals surface area contributed by atoms with E-state index in [0.29, 0.717) is 6.42 Å². The normalized spacial score (nSPS) is 11.9. The molecule has 4 nitrogen and oxygen atoms in total. The van der Waals surface area contributed by atoms with Crippen LogP contribution in [0.2, 0.25) is 0 Å². The summed E-state index contributed by atoms with van der Waals surface area (Å²) in [6.45, 7) is 0.215. The van der Waals surface area contributed by atoms with E-state index in [1.807, 2.05) is 30.3 Å². The van der Waals surface area contributed by atoms with Crippen LogP contribution in [0.1, 0.15) is 11.1 Å². The number of amides is 1. The molecule has 0 aliphatic heterocycles. The summed E-state index contributed by atoms with van der Waals surface area (Å²) >= 11 is 0. The lowest BCUT2D eigenvalue weighted by Crippen LogP contribution is -2.34. The van der Waals surface area contributed by atoms with E-state index < -0.39 is 6.10 Å². The largest absolute Gasteiger partial charge is 0.508 e. The van der Waals surface area contributed by atoms with Gasteiger partial charge in [0, 0.05) is 13.0 Å². The fourth-order valence-electron chi connectivity index (χ4n) is 2.10. The molecule has 0 aliphatic rings. The van der Waals surface area contributed by atoms with Crippen LogP contribution in [0.25, 0.3) is 0 Å². The van der Waals surface area contributed by atoms with Gasteiger partial charge in [-0.25, -0.2) is 0 Å². The molecule has 0 bridgehead atoms. The van der Waals surface area contributed by atoms with Crippen molar-refractivity contribution in [2.45, 2.75) is 18.9 Å². The second-order valence-corrected chi connectivity index (χ2v) is 4.99. The predicted octanol–water partition coefficient (Wildman–Crippen LogP) is 1.65. The van der Waals surface area contributed by atoms with Crippen LogP contribution in [-0.4, -0.2) is 28.8 Å². The summed E-state index contributed by atoms with van der Waals surface area (Å²) in [7, 11) is 0. The highest BCUT2D eigenvalue weighted by Crippen LogP contribution is 2.11. The van der Waals surface area contributed by atoms with Gasteiger partial charge in [-0.2, -0.15) is 0 Å². The van der Waals surface area contributed by atoms with E-state index >= 15 is 0 Å². The highest BCUT2D eigenvalue weighted by molar-refractivity contribution is 5.78. The molecule has 0 aromatic heterocycles. The van der Waals surface area contributed by atoms with Crippen molar-refractivity contribution >= 4 is 5.91 Å². The van der Waals surface area contributed by atoms with Crippen LogP contribution in [-0.2, 0) is 17.6 Å². The monoisotopic (exact) mass is 285 g/mol. The van der Waals surface area contributed by atoms with Crippen molar-refractivity contribution in [3.63, 3.8) is 0 Å². The summed E-state index contributed by atoms with van der Waals surface area (Å²) in [6, 6.07) is 16.2. The van der Waals surface area contributed by atoms with Gasteiger partial charge in [0.05, 0.1) is 12.5 Å². The number of hydrogen-bond donors (Lipinski definition) is 3. The van der Waals surface area contributed by atoms with Crippen molar-refractivity contribution in [1.82, 2.24) is 5.32 Å². The topological polar surface area (TPSA) is 69.6 Å². The van der Waals surface area contributed by atoms with Gasteiger partial charge in [-0.1, -0.05) is 42.5 Å². The number of benzene rings is 2. The zero-order chi connectivity index (χ0) is 15.1. The van der Waals surface area contributed by atoms with E-state index in [2.05, 4.69) is 5.32 Å². The van der Waals surface area contributed by atoms with E-state index in [1.54, 1.807) is 24.3 Å². The fourth-order valence-corrected chi connectivity index (χ4v) is 2.10. The van der Waals surface area contributed by atoms with Crippen LogP contribution in [0.4, 0.5) is 0 Å². The van der Waals surface area contributed by atoms with E-state index in [1.165, 1.54) is 0 Å². The first kappa shape index (κ1) is 15.1. The molecular formula is C17H19NO3. The third-order valence-corrected chi connectivity index (χ3v) is 3.12. The number of hydrogen-bond acceptors (Lipinski definition) is 3. The third-order valence-electron chi connectivity index (χ3n) is 3.12. The summed E-state index contributed by atoms with van der Waals surface area (Å²) < 4.78 is 0. The van der Waals surface area contributed by atoms with Crippen LogP contribution in [0.3, 0.4) is 0 Å². The number of nitrogens with one attached hydrogen (secondary N) is 1. The van der Waals surface area contributed by atoms with Gasteiger partial charge >= 0.3 is 0 Å². The van der Waals surface area contributed by atoms with Gasteiger partial charge in [-0.3, -0.25) is 4.79 Å². The number of carbonyl (C=O) groups excluding carboxylic acids is 1. The standard InChI is InChI=1S/C17H19NO3/c19-15-8-4-7-14(10-15)11-17(21)18-12-16(20)9-13-5-2-1-3-6-13/h1-8,10,16,19-20H,9,11-12H2,(H,18,21). The molecule has 1 atom stereocenters. The van der Waals surface area contributed by atoms with E-state index in [0.717, 1.165) is 11.1 Å². The second kappa shape index (κ2) is 7.45. The van der Waals surface area contributed by atoms with Crippen LogP contribution >= 0.6 is 0 Å². The predicted molar refractivity (Wildman–Crippen MR) is 81.0 cm³/mol. The average molecular weight is 285 g/mol. The maximum absolute atomic E-state index is 11.8. The Labute approximate surface area is 124 Å². The van der Waals surface area contributed by atoms with E-state index in [4.69, 9.17) is 0 Å². The van der Waals surface area contributed by atoms with Crippen molar-refractivity contribution in [2.75, 3.05) is 6.54 Å². The summed E-state index contributed by atoms with van der Waals surface area (Å²) in [6.07, 6.45) is 0.0835. The van der Waals surface area contributed by atoms with Crippen LogP contribution in [0, 0.1) is 0 Å². The van der Waals surface area contributed by atoms with Gasteiger partial charge in [0.25, 0.3) is 0 Å². The van der Waals surface area contributed by atoms with Crippen molar-refractivity contribution < 1.29 is 15.0 Å². The molecule has 4 heteroatoms. The number of aliphatic hydroxyl groups is 1. The van der Waals surface area contributed by atoms with Crippen molar-refractivity contribution in [1.29, 1.82) is 0 Å². The van der Waals surface area contributed by atoms with Gasteiger partial charge in [0.2, 0.25) is 5.91 Å². The Morgan fingerprint density at radius 2 is 1.76 bits per heavy atom. The zero-order valence-electron chi connectivity index (χ0n) is 11.7. The molecule has 0 fully saturated rings. The highest BCUT2D eigenvalue weighted by Gasteiger charge is 2.09. The Hall–Kier alpha value is -2.33. The molecule has 2 rings (SSSR count). The molecule has 1 unspecified atom stereocenters. The maximum atomic E-state index is 11.8. The molecular weight excluding hydrogens is 266 g/mol. The highest BCUT2D eigenvalue weighted by atomic mass is 16.3. The van der Waals surface area contributed by atoms with Crippen LogP contribution in [0.15, 0.2) is 54.6 Å². The Balaban J connectivity index is 1.76. The number of aliphatic hydroxyl groups excluding tert-OH is 1. The number of phenolic OH excluding ortho intramolecular Hbond substituents is 1. The SMILES string of the molecule is O=C(Cc1cccc(O)c1)NCC(O)Cc1ccccc1. The molecule has 0 saturated carbocycles. The fraction of sp³-hybridized carbons (Fsp3) is 0.235. The number of aromatic hydroxyl groups is 1. The molecule has 0 spiro atoms. The lowest BCUT2D eigenvalue weighted by Gasteiger charge is -2.12. The van der Waals surface area contributed by atoms with Crippen LogP contribution < -0.4 is 5.32 Å². The Bertz CT molecular complexity index is 584. The molecule has 2 aromatic rings. The minimum atomic E-state index is -0.611. The summed E-state index contributed by atoms with van der Waals surface area (Å²) in [5, 5.41) is 21.9. The Morgan fingerprint density at radius 1 is 1.05 bits per heavy atom. The van der Waals surface area contributed by atoms with Gasteiger partial charge in [0.1, 0.15) is 5.75 Å².